The predicted molar refractivity (Wildman–Crippen MR) is 77.3 cm³/mol. The number of carbonyl (C=O) groups is 1. The van der Waals surface area contributed by atoms with Crippen LogP contribution in [0, 0.1) is 0 Å². The third-order valence-corrected chi connectivity index (χ3v) is 3.24. The fraction of sp³-hybridized carbons (Fsp3) is 0.0714. The van der Waals surface area contributed by atoms with E-state index in [1.165, 1.54) is 13.2 Å². The van der Waals surface area contributed by atoms with Crippen LogP contribution in [0.3, 0.4) is 0 Å². The third-order valence-electron chi connectivity index (χ3n) is 2.66. The molecule has 0 aromatic heterocycles. The quantitative estimate of drug-likeness (QED) is 0.692. The van der Waals surface area contributed by atoms with E-state index in [-0.39, 0.29) is 5.78 Å². The molecular formula is C14H11Cl2NO2. The Labute approximate surface area is 120 Å². The van der Waals surface area contributed by atoms with Gasteiger partial charge >= 0.3 is 0 Å². The molecule has 2 aromatic rings. The van der Waals surface area contributed by atoms with Gasteiger partial charge in [-0.1, -0.05) is 23.2 Å². The third kappa shape index (κ3) is 2.83. The van der Waals surface area contributed by atoms with Gasteiger partial charge in [-0.25, -0.2) is 0 Å². The maximum atomic E-state index is 12.4. The topological polar surface area (TPSA) is 52.3 Å². The molecule has 0 radical (unpaired) electrons. The van der Waals surface area contributed by atoms with Crippen molar-refractivity contribution < 1.29 is 9.53 Å². The van der Waals surface area contributed by atoms with E-state index in [4.69, 9.17) is 33.7 Å². The van der Waals surface area contributed by atoms with E-state index in [0.29, 0.717) is 32.6 Å². The van der Waals surface area contributed by atoms with Crippen LogP contribution in [0.4, 0.5) is 5.69 Å². The molecule has 0 saturated carbocycles. The molecule has 2 N–H and O–H groups in total. The highest BCUT2D eigenvalue weighted by molar-refractivity contribution is 6.33. The van der Waals surface area contributed by atoms with Crippen molar-refractivity contribution in [1.82, 2.24) is 0 Å². The van der Waals surface area contributed by atoms with E-state index in [2.05, 4.69) is 0 Å². The molecule has 2 aromatic carbocycles. The maximum Gasteiger partial charge on any atom is 0.196 e. The summed E-state index contributed by atoms with van der Waals surface area (Å²) in [6.07, 6.45) is 0. The van der Waals surface area contributed by atoms with Crippen LogP contribution in [-0.2, 0) is 0 Å². The van der Waals surface area contributed by atoms with E-state index in [1.54, 1.807) is 30.3 Å². The van der Waals surface area contributed by atoms with Crippen LogP contribution in [0.15, 0.2) is 36.4 Å². The number of ketones is 1. The summed E-state index contributed by atoms with van der Waals surface area (Å²) in [5.41, 5.74) is 6.87. The van der Waals surface area contributed by atoms with Gasteiger partial charge in [0.05, 0.1) is 23.4 Å². The second kappa shape index (κ2) is 5.51. The van der Waals surface area contributed by atoms with E-state index in [9.17, 15) is 4.79 Å². The van der Waals surface area contributed by atoms with Crippen molar-refractivity contribution >= 4 is 34.7 Å². The van der Waals surface area contributed by atoms with Gasteiger partial charge in [0.1, 0.15) is 5.75 Å². The molecule has 0 spiro atoms. The van der Waals surface area contributed by atoms with Crippen molar-refractivity contribution in [2.24, 2.45) is 0 Å². The Morgan fingerprint density at radius 1 is 1.16 bits per heavy atom. The molecule has 19 heavy (non-hydrogen) atoms. The summed E-state index contributed by atoms with van der Waals surface area (Å²) in [5, 5.41) is 0.876. The van der Waals surface area contributed by atoms with Gasteiger partial charge < -0.3 is 10.5 Å². The van der Waals surface area contributed by atoms with Crippen molar-refractivity contribution in [3.63, 3.8) is 0 Å². The van der Waals surface area contributed by atoms with Crippen LogP contribution in [0.25, 0.3) is 0 Å². The first-order chi connectivity index (χ1) is 9.02. The first-order valence-corrected chi connectivity index (χ1v) is 6.22. The molecule has 0 amide bonds. The number of nitrogen functional groups attached to an aromatic ring is 1. The zero-order valence-corrected chi connectivity index (χ0v) is 11.6. The molecule has 0 aliphatic carbocycles. The minimum Gasteiger partial charge on any atom is -0.496 e. The molecular weight excluding hydrogens is 285 g/mol. The Morgan fingerprint density at radius 2 is 1.89 bits per heavy atom. The van der Waals surface area contributed by atoms with Crippen molar-refractivity contribution in [2.75, 3.05) is 12.8 Å². The zero-order valence-electron chi connectivity index (χ0n) is 10.1. The number of methoxy groups -OCH3 is 1. The van der Waals surface area contributed by atoms with Crippen LogP contribution >= 0.6 is 23.2 Å². The number of benzene rings is 2. The van der Waals surface area contributed by atoms with Gasteiger partial charge in [0.2, 0.25) is 0 Å². The van der Waals surface area contributed by atoms with Crippen molar-refractivity contribution in [3.8, 4) is 5.75 Å². The van der Waals surface area contributed by atoms with Gasteiger partial charge in [-0.15, -0.1) is 0 Å². The molecule has 0 atom stereocenters. The molecule has 0 aliphatic rings. The SMILES string of the molecule is COc1ccc(Cl)cc1C(=O)c1ccc(Cl)c(N)c1. The largest absolute Gasteiger partial charge is 0.496 e. The van der Waals surface area contributed by atoms with Gasteiger partial charge in [0, 0.05) is 10.6 Å². The lowest BCUT2D eigenvalue weighted by Gasteiger charge is -2.09. The predicted octanol–water partition coefficient (Wildman–Crippen LogP) is 3.82. The van der Waals surface area contributed by atoms with Crippen molar-refractivity contribution in [2.45, 2.75) is 0 Å². The number of rotatable bonds is 3. The van der Waals surface area contributed by atoms with E-state index in [1.807, 2.05) is 0 Å². The average molecular weight is 296 g/mol. The number of nitrogens with two attached hydrogens (primary N) is 1. The van der Waals surface area contributed by atoms with Crippen LogP contribution in [0.5, 0.6) is 5.75 Å². The fourth-order valence-electron chi connectivity index (χ4n) is 1.70. The second-order valence-electron chi connectivity index (χ2n) is 3.91. The summed E-state index contributed by atoms with van der Waals surface area (Å²) in [6, 6.07) is 9.60. The highest BCUT2D eigenvalue weighted by atomic mass is 35.5. The van der Waals surface area contributed by atoms with Crippen molar-refractivity contribution in [3.05, 3.63) is 57.6 Å². The molecule has 0 saturated heterocycles. The monoisotopic (exact) mass is 295 g/mol. The Hall–Kier alpha value is -1.71. The average Bonchev–Trinajstić information content (AvgIpc) is 2.41. The molecule has 5 heteroatoms. The first kappa shape index (κ1) is 13.7. The number of hydrogen-bond acceptors (Lipinski definition) is 3. The lowest BCUT2D eigenvalue weighted by atomic mass is 10.0. The summed E-state index contributed by atoms with van der Waals surface area (Å²) >= 11 is 11.7. The first-order valence-electron chi connectivity index (χ1n) is 5.46. The lowest BCUT2D eigenvalue weighted by molar-refractivity contribution is 0.103. The molecule has 0 bridgehead atoms. The number of carbonyl (C=O) groups excluding carboxylic acids is 1. The summed E-state index contributed by atoms with van der Waals surface area (Å²) in [5.74, 6) is 0.241. The van der Waals surface area contributed by atoms with Gasteiger partial charge in [-0.3, -0.25) is 4.79 Å². The molecule has 98 valence electrons. The number of hydrogen-bond donors (Lipinski definition) is 1. The van der Waals surface area contributed by atoms with Gasteiger partial charge in [0.15, 0.2) is 5.78 Å². The minimum absolute atomic E-state index is 0.220. The molecule has 0 aliphatic heterocycles. The standard InChI is InChI=1S/C14H11Cl2NO2/c1-19-13-5-3-9(15)7-10(13)14(18)8-2-4-11(16)12(17)6-8/h2-7H,17H2,1H3. The minimum atomic E-state index is -0.220. The Kier molecular flexibility index (Phi) is 3.98. The van der Waals surface area contributed by atoms with Gasteiger partial charge in [0.25, 0.3) is 0 Å². The van der Waals surface area contributed by atoms with Crippen LogP contribution in [0.2, 0.25) is 10.0 Å². The summed E-state index contributed by atoms with van der Waals surface area (Å²) in [7, 11) is 1.50. The maximum absolute atomic E-state index is 12.4. The highest BCUT2D eigenvalue weighted by Gasteiger charge is 2.15. The summed E-state index contributed by atoms with van der Waals surface area (Å²) in [6.45, 7) is 0. The fourth-order valence-corrected chi connectivity index (χ4v) is 1.99. The van der Waals surface area contributed by atoms with E-state index in [0.717, 1.165) is 0 Å². The Balaban J connectivity index is 2.49. The Bertz CT molecular complexity index is 641. The molecule has 3 nitrogen and oxygen atoms in total. The molecule has 0 fully saturated rings. The smallest absolute Gasteiger partial charge is 0.196 e. The van der Waals surface area contributed by atoms with Crippen LogP contribution in [0.1, 0.15) is 15.9 Å². The summed E-state index contributed by atoms with van der Waals surface area (Å²) in [4.78, 5) is 12.4. The number of halogens is 2. The molecule has 0 heterocycles. The Morgan fingerprint density at radius 3 is 2.53 bits per heavy atom. The van der Waals surface area contributed by atoms with E-state index >= 15 is 0 Å². The summed E-state index contributed by atoms with van der Waals surface area (Å²) < 4.78 is 5.16. The molecule has 0 unspecified atom stereocenters. The van der Waals surface area contributed by atoms with E-state index < -0.39 is 0 Å². The van der Waals surface area contributed by atoms with Crippen LogP contribution < -0.4 is 10.5 Å². The lowest BCUT2D eigenvalue weighted by Crippen LogP contribution is -2.05. The normalized spacial score (nSPS) is 10.3. The van der Waals surface area contributed by atoms with Crippen molar-refractivity contribution in [1.29, 1.82) is 0 Å². The zero-order chi connectivity index (χ0) is 14.0. The van der Waals surface area contributed by atoms with Crippen LogP contribution in [-0.4, -0.2) is 12.9 Å². The number of ether oxygens (including phenoxy) is 1. The van der Waals surface area contributed by atoms with Gasteiger partial charge in [-0.2, -0.15) is 0 Å². The number of anilines is 1. The second-order valence-corrected chi connectivity index (χ2v) is 4.75. The van der Waals surface area contributed by atoms with Gasteiger partial charge in [-0.05, 0) is 36.4 Å². The highest BCUT2D eigenvalue weighted by Crippen LogP contribution is 2.27. The molecule has 2 rings (SSSR count).